The number of hydrogen-bond donors (Lipinski definition) is 2. The third-order valence-corrected chi connectivity index (χ3v) is 6.10. The van der Waals surface area contributed by atoms with Gasteiger partial charge < -0.3 is 20.1 Å². The largest absolute Gasteiger partial charge is 0.506 e. The van der Waals surface area contributed by atoms with Crippen molar-refractivity contribution in [2.75, 3.05) is 18.0 Å². The lowest BCUT2D eigenvalue weighted by atomic mass is 9.95. The number of ether oxygens (including phenoxy) is 1. The van der Waals surface area contributed by atoms with E-state index in [1.54, 1.807) is 18.3 Å². The summed E-state index contributed by atoms with van der Waals surface area (Å²) in [5.41, 5.74) is 1.53. The van der Waals surface area contributed by atoms with E-state index in [1.165, 1.54) is 0 Å². The van der Waals surface area contributed by atoms with Gasteiger partial charge in [0.05, 0.1) is 0 Å². The second-order valence-electron chi connectivity index (χ2n) is 8.42. The molecular formula is C27H26N4O3. The monoisotopic (exact) mass is 454 g/mol. The number of para-hydroxylation sites is 2. The van der Waals surface area contributed by atoms with E-state index < -0.39 is 0 Å². The number of benzene rings is 2. The molecule has 1 amide bonds. The molecule has 7 heteroatoms. The van der Waals surface area contributed by atoms with Crippen LogP contribution >= 0.6 is 0 Å². The molecule has 2 aromatic heterocycles. The normalized spacial score (nSPS) is 14.2. The van der Waals surface area contributed by atoms with Crippen molar-refractivity contribution >= 4 is 22.6 Å². The molecule has 0 unspecified atom stereocenters. The first-order valence-corrected chi connectivity index (χ1v) is 11.4. The highest BCUT2D eigenvalue weighted by atomic mass is 16.5. The molecule has 1 aliphatic rings. The van der Waals surface area contributed by atoms with E-state index in [-0.39, 0.29) is 17.6 Å². The second kappa shape index (κ2) is 9.79. The van der Waals surface area contributed by atoms with Crippen molar-refractivity contribution in [1.29, 1.82) is 0 Å². The van der Waals surface area contributed by atoms with Crippen molar-refractivity contribution in [2.24, 2.45) is 5.92 Å². The third kappa shape index (κ3) is 4.93. The quantitative estimate of drug-likeness (QED) is 0.441. The van der Waals surface area contributed by atoms with Crippen LogP contribution in [0.5, 0.6) is 17.4 Å². The van der Waals surface area contributed by atoms with Crippen LogP contribution in [0.4, 0.5) is 5.82 Å². The van der Waals surface area contributed by atoms with Crippen LogP contribution in [0.15, 0.2) is 79.0 Å². The molecule has 5 rings (SSSR count). The molecular weight excluding hydrogens is 428 g/mol. The molecule has 1 aliphatic heterocycles. The Morgan fingerprint density at radius 3 is 2.59 bits per heavy atom. The fourth-order valence-corrected chi connectivity index (χ4v) is 4.19. The Labute approximate surface area is 198 Å². The minimum atomic E-state index is -0.0289. The zero-order valence-corrected chi connectivity index (χ0v) is 18.7. The van der Waals surface area contributed by atoms with Gasteiger partial charge in [-0.1, -0.05) is 36.4 Å². The van der Waals surface area contributed by atoms with Crippen molar-refractivity contribution < 1.29 is 14.6 Å². The van der Waals surface area contributed by atoms with Gasteiger partial charge >= 0.3 is 0 Å². The van der Waals surface area contributed by atoms with Gasteiger partial charge in [0.15, 0.2) is 0 Å². The van der Waals surface area contributed by atoms with Gasteiger partial charge in [0.1, 0.15) is 22.8 Å². The number of phenols is 1. The lowest BCUT2D eigenvalue weighted by Gasteiger charge is -2.32. The Morgan fingerprint density at radius 2 is 1.82 bits per heavy atom. The molecule has 3 heterocycles. The van der Waals surface area contributed by atoms with Gasteiger partial charge in [0, 0.05) is 43.2 Å². The molecule has 1 fully saturated rings. The van der Waals surface area contributed by atoms with Gasteiger partial charge in [-0.05, 0) is 48.7 Å². The number of hydrogen-bond acceptors (Lipinski definition) is 6. The average Bonchev–Trinajstić information content (AvgIpc) is 2.89. The van der Waals surface area contributed by atoms with E-state index >= 15 is 0 Å². The first-order chi connectivity index (χ1) is 16.7. The minimum Gasteiger partial charge on any atom is -0.506 e. The zero-order chi connectivity index (χ0) is 23.3. The molecule has 0 radical (unpaired) electrons. The summed E-state index contributed by atoms with van der Waals surface area (Å²) in [5.74, 6) is 2.30. The summed E-state index contributed by atoms with van der Waals surface area (Å²) in [6.07, 6.45) is 3.24. The van der Waals surface area contributed by atoms with Crippen molar-refractivity contribution in [1.82, 2.24) is 15.3 Å². The maximum Gasteiger partial charge on any atom is 0.223 e. The van der Waals surface area contributed by atoms with Crippen molar-refractivity contribution in [3.05, 3.63) is 84.6 Å². The maximum absolute atomic E-state index is 12.7. The van der Waals surface area contributed by atoms with E-state index in [9.17, 15) is 9.90 Å². The number of nitrogens with zero attached hydrogens (tertiary/aromatic N) is 3. The number of phenolic OH excluding ortho intramolecular Hbond substituents is 1. The number of anilines is 1. The van der Waals surface area contributed by atoms with Gasteiger partial charge in [-0.3, -0.25) is 4.79 Å². The molecule has 172 valence electrons. The van der Waals surface area contributed by atoms with Crippen LogP contribution in [0.2, 0.25) is 0 Å². The van der Waals surface area contributed by atoms with Gasteiger partial charge in [0.25, 0.3) is 0 Å². The fraction of sp³-hybridized carbons (Fsp3) is 0.222. The van der Waals surface area contributed by atoms with Gasteiger partial charge in [-0.2, -0.15) is 0 Å². The Kier molecular flexibility index (Phi) is 6.25. The van der Waals surface area contributed by atoms with E-state index in [1.807, 2.05) is 60.7 Å². The molecule has 0 atom stereocenters. The van der Waals surface area contributed by atoms with Crippen LogP contribution in [0.3, 0.4) is 0 Å². The number of nitrogens with one attached hydrogen (secondary N) is 1. The number of amides is 1. The number of fused-ring (bicyclic) bond motifs is 1. The minimum absolute atomic E-state index is 0.0289. The van der Waals surface area contributed by atoms with Crippen LogP contribution in [0.25, 0.3) is 10.9 Å². The predicted octanol–water partition coefficient (Wildman–Crippen LogP) is 4.66. The number of aromatic nitrogens is 2. The second-order valence-corrected chi connectivity index (χ2v) is 8.42. The van der Waals surface area contributed by atoms with Gasteiger partial charge in [0.2, 0.25) is 11.8 Å². The number of aromatic hydroxyl groups is 1. The van der Waals surface area contributed by atoms with Gasteiger partial charge in [-0.25, -0.2) is 9.97 Å². The summed E-state index contributed by atoms with van der Waals surface area (Å²) >= 11 is 0. The van der Waals surface area contributed by atoms with E-state index in [4.69, 9.17) is 4.74 Å². The summed E-state index contributed by atoms with van der Waals surface area (Å²) in [5, 5.41) is 14.0. The van der Waals surface area contributed by atoms with E-state index in [0.717, 1.165) is 48.4 Å². The molecule has 7 nitrogen and oxygen atoms in total. The van der Waals surface area contributed by atoms with Crippen LogP contribution in [0, 0.1) is 5.92 Å². The summed E-state index contributed by atoms with van der Waals surface area (Å²) in [6, 6.07) is 22.6. The van der Waals surface area contributed by atoms with E-state index in [2.05, 4.69) is 20.2 Å². The zero-order valence-electron chi connectivity index (χ0n) is 18.7. The Balaban J connectivity index is 1.12. The highest BCUT2D eigenvalue weighted by Crippen LogP contribution is 2.28. The summed E-state index contributed by atoms with van der Waals surface area (Å²) in [7, 11) is 0. The first kappa shape index (κ1) is 21.7. The highest BCUT2D eigenvalue weighted by Gasteiger charge is 2.25. The lowest BCUT2D eigenvalue weighted by Crippen LogP contribution is -2.40. The molecule has 0 saturated carbocycles. The summed E-state index contributed by atoms with van der Waals surface area (Å²) in [6.45, 7) is 1.93. The highest BCUT2D eigenvalue weighted by molar-refractivity contribution is 5.85. The molecule has 4 aromatic rings. The topological polar surface area (TPSA) is 87.6 Å². The fourth-order valence-electron chi connectivity index (χ4n) is 4.19. The standard InChI is InChI=1S/C27H26N4O3/c32-23-8-4-5-20-10-11-24(30-26(20)23)31-15-13-21(14-16-31)27(33)29-18-19-9-12-25(28-17-19)34-22-6-2-1-3-7-22/h1-12,17,21,32H,13-16,18H2,(H,29,33). The predicted molar refractivity (Wildman–Crippen MR) is 131 cm³/mol. The third-order valence-electron chi connectivity index (χ3n) is 6.10. The Bertz CT molecular complexity index is 1270. The molecule has 0 bridgehead atoms. The van der Waals surface area contributed by atoms with Crippen molar-refractivity contribution in [3.63, 3.8) is 0 Å². The smallest absolute Gasteiger partial charge is 0.223 e. The van der Waals surface area contributed by atoms with Crippen LogP contribution < -0.4 is 15.0 Å². The Hall–Kier alpha value is -4.13. The van der Waals surface area contributed by atoms with E-state index in [0.29, 0.717) is 17.9 Å². The molecule has 1 saturated heterocycles. The number of carbonyl (C=O) groups is 1. The lowest BCUT2D eigenvalue weighted by molar-refractivity contribution is -0.125. The number of rotatable bonds is 6. The van der Waals surface area contributed by atoms with Crippen LogP contribution in [-0.4, -0.2) is 34.1 Å². The Morgan fingerprint density at radius 1 is 1.00 bits per heavy atom. The average molecular weight is 455 g/mol. The van der Waals surface area contributed by atoms with Gasteiger partial charge in [-0.15, -0.1) is 0 Å². The summed E-state index contributed by atoms with van der Waals surface area (Å²) < 4.78 is 5.71. The number of piperidine rings is 1. The summed E-state index contributed by atoms with van der Waals surface area (Å²) in [4.78, 5) is 23.9. The molecule has 0 spiro atoms. The SMILES string of the molecule is O=C(NCc1ccc(Oc2ccccc2)nc1)C1CCN(c2ccc3cccc(O)c3n2)CC1. The molecule has 2 N–H and O–H groups in total. The van der Waals surface area contributed by atoms with Crippen molar-refractivity contribution in [2.45, 2.75) is 19.4 Å². The van der Waals surface area contributed by atoms with Crippen LogP contribution in [-0.2, 0) is 11.3 Å². The van der Waals surface area contributed by atoms with Crippen LogP contribution in [0.1, 0.15) is 18.4 Å². The number of pyridine rings is 2. The molecule has 2 aromatic carbocycles. The first-order valence-electron chi connectivity index (χ1n) is 11.4. The van der Waals surface area contributed by atoms with Crippen molar-refractivity contribution in [3.8, 4) is 17.4 Å². The number of carbonyl (C=O) groups excluding carboxylic acids is 1. The maximum atomic E-state index is 12.7. The molecule has 34 heavy (non-hydrogen) atoms. The molecule has 0 aliphatic carbocycles.